The van der Waals surface area contributed by atoms with Crippen LogP contribution in [0.25, 0.3) is 0 Å². The summed E-state index contributed by atoms with van der Waals surface area (Å²) in [5.74, 6) is -0.132. The number of ether oxygens (including phenoxy) is 1. The number of nitrogens with one attached hydrogen (secondary N) is 1. The van der Waals surface area contributed by atoms with Crippen molar-refractivity contribution in [2.75, 3.05) is 25.5 Å². The number of benzene rings is 1. The third-order valence-electron chi connectivity index (χ3n) is 4.41. The standard InChI is InChI=1S/C19H21ClN4O3/c1-27-19(26)13-6-7-14(20)15(10-13)23-17-12-21-16(11-22-17)18(25)24-8-4-2-3-5-9-24/h6-7,10-12H,2-5,8-9H2,1H3,(H,22,23). The van der Waals surface area contributed by atoms with E-state index in [0.29, 0.717) is 27.8 Å². The van der Waals surface area contributed by atoms with Gasteiger partial charge in [-0.15, -0.1) is 0 Å². The predicted octanol–water partition coefficient (Wildman–Crippen LogP) is 3.68. The van der Waals surface area contributed by atoms with Gasteiger partial charge in [-0.3, -0.25) is 4.79 Å². The summed E-state index contributed by atoms with van der Waals surface area (Å²) in [5, 5.41) is 3.43. The summed E-state index contributed by atoms with van der Waals surface area (Å²) in [6, 6.07) is 4.75. The Kier molecular flexibility index (Phi) is 6.24. The van der Waals surface area contributed by atoms with E-state index in [9.17, 15) is 9.59 Å². The van der Waals surface area contributed by atoms with Gasteiger partial charge < -0.3 is 15.0 Å². The number of anilines is 2. The lowest BCUT2D eigenvalue weighted by atomic mass is 10.2. The van der Waals surface area contributed by atoms with Crippen molar-refractivity contribution in [2.24, 2.45) is 0 Å². The van der Waals surface area contributed by atoms with E-state index >= 15 is 0 Å². The van der Waals surface area contributed by atoms with Crippen LogP contribution >= 0.6 is 11.6 Å². The van der Waals surface area contributed by atoms with E-state index in [4.69, 9.17) is 16.3 Å². The SMILES string of the molecule is COC(=O)c1ccc(Cl)c(Nc2cnc(C(=O)N3CCCCCC3)cn2)c1. The van der Waals surface area contributed by atoms with E-state index in [-0.39, 0.29) is 5.91 Å². The molecular weight excluding hydrogens is 368 g/mol. The Labute approximate surface area is 162 Å². The van der Waals surface area contributed by atoms with Crippen molar-refractivity contribution in [1.29, 1.82) is 0 Å². The quantitative estimate of drug-likeness (QED) is 0.804. The van der Waals surface area contributed by atoms with E-state index < -0.39 is 5.97 Å². The van der Waals surface area contributed by atoms with Crippen molar-refractivity contribution >= 4 is 35.0 Å². The van der Waals surface area contributed by atoms with Gasteiger partial charge in [-0.2, -0.15) is 0 Å². The van der Waals surface area contributed by atoms with Gasteiger partial charge in [-0.05, 0) is 31.0 Å². The molecule has 8 heteroatoms. The number of hydrogen-bond acceptors (Lipinski definition) is 6. The second-order valence-electron chi connectivity index (χ2n) is 6.30. The van der Waals surface area contributed by atoms with Crippen LogP contribution in [-0.2, 0) is 4.74 Å². The molecule has 27 heavy (non-hydrogen) atoms. The van der Waals surface area contributed by atoms with Gasteiger partial charge >= 0.3 is 5.97 Å². The molecule has 1 N–H and O–H groups in total. The Morgan fingerprint density at radius 1 is 1.11 bits per heavy atom. The minimum atomic E-state index is -0.459. The van der Waals surface area contributed by atoms with Gasteiger partial charge in [-0.1, -0.05) is 24.4 Å². The monoisotopic (exact) mass is 388 g/mol. The number of hydrogen-bond donors (Lipinski definition) is 1. The number of nitrogens with zero attached hydrogens (tertiary/aromatic N) is 3. The molecule has 1 aliphatic heterocycles. The zero-order valence-electron chi connectivity index (χ0n) is 15.1. The molecule has 0 radical (unpaired) electrons. The van der Waals surface area contributed by atoms with Crippen molar-refractivity contribution in [3.63, 3.8) is 0 Å². The van der Waals surface area contributed by atoms with E-state index in [1.165, 1.54) is 19.5 Å². The second-order valence-corrected chi connectivity index (χ2v) is 6.71. The number of methoxy groups -OCH3 is 1. The Balaban J connectivity index is 1.72. The largest absolute Gasteiger partial charge is 0.465 e. The molecule has 3 rings (SSSR count). The first kappa shape index (κ1) is 19.1. The Morgan fingerprint density at radius 3 is 2.48 bits per heavy atom. The van der Waals surface area contributed by atoms with Crippen molar-refractivity contribution < 1.29 is 14.3 Å². The predicted molar refractivity (Wildman–Crippen MR) is 102 cm³/mol. The highest BCUT2D eigenvalue weighted by Gasteiger charge is 2.19. The fourth-order valence-electron chi connectivity index (χ4n) is 2.94. The number of likely N-dealkylation sites (tertiary alicyclic amines) is 1. The summed E-state index contributed by atoms with van der Waals surface area (Å²) in [7, 11) is 1.32. The second kappa shape index (κ2) is 8.81. The molecule has 2 heterocycles. The maximum absolute atomic E-state index is 12.6. The maximum Gasteiger partial charge on any atom is 0.337 e. The van der Waals surface area contributed by atoms with Crippen molar-refractivity contribution in [2.45, 2.75) is 25.7 Å². The molecule has 0 saturated carbocycles. The first-order valence-corrected chi connectivity index (χ1v) is 9.22. The van der Waals surface area contributed by atoms with Crippen molar-refractivity contribution in [3.05, 3.63) is 46.9 Å². The Hall–Kier alpha value is -2.67. The molecule has 7 nitrogen and oxygen atoms in total. The molecule has 1 saturated heterocycles. The molecule has 2 aromatic rings. The van der Waals surface area contributed by atoms with Gasteiger partial charge in [0.15, 0.2) is 0 Å². The highest BCUT2D eigenvalue weighted by Crippen LogP contribution is 2.26. The van der Waals surface area contributed by atoms with Gasteiger partial charge in [0.25, 0.3) is 5.91 Å². The van der Waals surface area contributed by atoms with Crippen LogP contribution in [0.15, 0.2) is 30.6 Å². The maximum atomic E-state index is 12.6. The number of aromatic nitrogens is 2. The summed E-state index contributed by atoms with van der Waals surface area (Å²) in [4.78, 5) is 34.5. The number of carbonyl (C=O) groups is 2. The molecule has 0 unspecified atom stereocenters. The minimum Gasteiger partial charge on any atom is -0.465 e. The fraction of sp³-hybridized carbons (Fsp3) is 0.368. The van der Waals surface area contributed by atoms with E-state index in [1.54, 1.807) is 18.2 Å². The van der Waals surface area contributed by atoms with Gasteiger partial charge in [0.1, 0.15) is 11.5 Å². The number of halogens is 1. The third kappa shape index (κ3) is 4.74. The summed E-state index contributed by atoms with van der Waals surface area (Å²) in [6.07, 6.45) is 7.29. The lowest BCUT2D eigenvalue weighted by Gasteiger charge is -2.19. The number of carbonyl (C=O) groups excluding carboxylic acids is 2. The molecule has 1 amide bonds. The van der Waals surface area contributed by atoms with Crippen molar-refractivity contribution in [1.82, 2.24) is 14.9 Å². The van der Waals surface area contributed by atoms with Crippen LogP contribution in [0.2, 0.25) is 5.02 Å². The lowest BCUT2D eigenvalue weighted by molar-refractivity contribution is 0.0600. The smallest absolute Gasteiger partial charge is 0.337 e. The highest BCUT2D eigenvalue weighted by molar-refractivity contribution is 6.33. The fourth-order valence-corrected chi connectivity index (χ4v) is 3.11. The molecule has 1 aromatic carbocycles. The first-order chi connectivity index (χ1) is 13.1. The Morgan fingerprint density at radius 2 is 1.85 bits per heavy atom. The van der Waals surface area contributed by atoms with E-state index in [2.05, 4.69) is 15.3 Å². The molecule has 0 atom stereocenters. The van der Waals surface area contributed by atoms with Crippen LogP contribution in [0.5, 0.6) is 0 Å². The zero-order valence-corrected chi connectivity index (χ0v) is 15.8. The van der Waals surface area contributed by atoms with Crippen LogP contribution in [0, 0.1) is 0 Å². The lowest BCUT2D eigenvalue weighted by Crippen LogP contribution is -2.32. The minimum absolute atomic E-state index is 0.0957. The summed E-state index contributed by atoms with van der Waals surface area (Å²) >= 11 is 6.17. The van der Waals surface area contributed by atoms with E-state index in [1.807, 2.05) is 4.90 Å². The molecule has 0 spiro atoms. The third-order valence-corrected chi connectivity index (χ3v) is 4.74. The van der Waals surface area contributed by atoms with Crippen LogP contribution in [0.4, 0.5) is 11.5 Å². The summed E-state index contributed by atoms with van der Waals surface area (Å²) < 4.78 is 4.71. The van der Waals surface area contributed by atoms with Crippen LogP contribution in [-0.4, -0.2) is 46.9 Å². The van der Waals surface area contributed by atoms with Gasteiger partial charge in [0.05, 0.1) is 35.8 Å². The summed E-state index contributed by atoms with van der Waals surface area (Å²) in [5.41, 5.74) is 1.18. The van der Waals surface area contributed by atoms with Gasteiger partial charge in [-0.25, -0.2) is 14.8 Å². The van der Waals surface area contributed by atoms with Gasteiger partial charge in [0.2, 0.25) is 0 Å². The van der Waals surface area contributed by atoms with Crippen molar-refractivity contribution in [3.8, 4) is 0 Å². The molecule has 1 aromatic heterocycles. The molecule has 1 fully saturated rings. The highest BCUT2D eigenvalue weighted by atomic mass is 35.5. The first-order valence-electron chi connectivity index (χ1n) is 8.84. The molecular formula is C19H21ClN4O3. The Bertz CT molecular complexity index is 818. The topological polar surface area (TPSA) is 84.4 Å². The van der Waals surface area contributed by atoms with E-state index in [0.717, 1.165) is 38.8 Å². The van der Waals surface area contributed by atoms with Crippen LogP contribution in [0.1, 0.15) is 46.5 Å². The van der Waals surface area contributed by atoms with Gasteiger partial charge in [0, 0.05) is 13.1 Å². The normalized spacial score (nSPS) is 14.4. The number of esters is 1. The number of amides is 1. The molecule has 0 aliphatic carbocycles. The average Bonchev–Trinajstić information content (AvgIpc) is 2.98. The average molecular weight is 389 g/mol. The molecule has 1 aliphatic rings. The molecule has 142 valence electrons. The zero-order chi connectivity index (χ0) is 19.2. The van der Waals surface area contributed by atoms with Crippen LogP contribution < -0.4 is 5.32 Å². The summed E-state index contributed by atoms with van der Waals surface area (Å²) in [6.45, 7) is 1.52. The molecule has 0 bridgehead atoms. The van der Waals surface area contributed by atoms with Crippen LogP contribution in [0.3, 0.4) is 0 Å². The number of rotatable bonds is 4.